The highest BCUT2D eigenvalue weighted by molar-refractivity contribution is 6.30. The summed E-state index contributed by atoms with van der Waals surface area (Å²) in [5.74, 6) is -1.67. The highest BCUT2D eigenvalue weighted by atomic mass is 35.5. The van der Waals surface area contributed by atoms with E-state index in [0.717, 1.165) is 25.0 Å². The fourth-order valence-corrected chi connectivity index (χ4v) is 4.68. The lowest BCUT2D eigenvalue weighted by Crippen LogP contribution is -2.19. The van der Waals surface area contributed by atoms with E-state index in [1.165, 1.54) is 6.20 Å². The molecule has 5 N–H and O–H groups in total. The number of nitrogens with two attached hydrogens (primary N) is 1. The van der Waals surface area contributed by atoms with Gasteiger partial charge in [-0.15, -0.1) is 0 Å². The molecule has 2 heterocycles. The van der Waals surface area contributed by atoms with Crippen LogP contribution in [0.2, 0.25) is 5.02 Å². The third-order valence-corrected chi connectivity index (χ3v) is 6.34. The summed E-state index contributed by atoms with van der Waals surface area (Å²) >= 11 is 5.77. The van der Waals surface area contributed by atoms with Gasteiger partial charge in [0.1, 0.15) is 11.2 Å². The molecule has 0 aliphatic heterocycles. The molecule has 0 saturated heterocycles. The van der Waals surface area contributed by atoms with E-state index in [4.69, 9.17) is 17.3 Å². The predicted molar refractivity (Wildman–Crippen MR) is 130 cm³/mol. The van der Waals surface area contributed by atoms with E-state index >= 15 is 0 Å². The molecule has 3 aromatic rings. The van der Waals surface area contributed by atoms with Crippen molar-refractivity contribution < 1.29 is 18.7 Å². The van der Waals surface area contributed by atoms with Gasteiger partial charge in [0.2, 0.25) is 17.8 Å². The van der Waals surface area contributed by atoms with Crippen molar-refractivity contribution in [2.75, 3.05) is 10.6 Å². The third kappa shape index (κ3) is 5.79. The second-order valence-corrected chi connectivity index (χ2v) is 9.27. The second-order valence-electron chi connectivity index (χ2n) is 8.83. The Morgan fingerprint density at radius 3 is 2.66 bits per heavy atom. The van der Waals surface area contributed by atoms with Crippen LogP contribution in [0, 0.1) is 11.6 Å². The molecule has 0 bridgehead atoms. The lowest BCUT2D eigenvalue weighted by Gasteiger charge is -2.21. The molecule has 1 amide bonds. The fourth-order valence-electron chi connectivity index (χ4n) is 4.48. The largest absolute Gasteiger partial charge is 0.393 e. The Balaban J connectivity index is 1.78. The van der Waals surface area contributed by atoms with E-state index < -0.39 is 23.2 Å². The number of primary amides is 1. The Kier molecular flexibility index (Phi) is 7.66. The van der Waals surface area contributed by atoms with Crippen LogP contribution in [-0.2, 0) is 4.79 Å². The Morgan fingerprint density at radius 1 is 1.29 bits per heavy atom. The van der Waals surface area contributed by atoms with Crippen molar-refractivity contribution in [2.45, 2.75) is 70.1 Å². The summed E-state index contributed by atoms with van der Waals surface area (Å²) in [4.78, 5) is 25.0. The number of fused-ring (bicyclic) bond motifs is 1. The fraction of sp³-hybridized carbons (Fsp3) is 0.478. The van der Waals surface area contributed by atoms with Crippen LogP contribution < -0.4 is 16.4 Å². The normalized spacial score (nSPS) is 18.7. The SMILES string of the molecule is CCC[C@H](CCC(N)=O)n1c(Nc2c(F)cc(Cl)cc2F)nc2cnc(N[C@H]3CC[C@H](O)C3)nc21. The van der Waals surface area contributed by atoms with Crippen LogP contribution in [0.15, 0.2) is 18.3 Å². The summed E-state index contributed by atoms with van der Waals surface area (Å²) in [6.07, 6.45) is 5.23. The van der Waals surface area contributed by atoms with E-state index in [1.807, 2.05) is 6.92 Å². The first kappa shape index (κ1) is 25.1. The third-order valence-electron chi connectivity index (χ3n) is 6.13. The maximum Gasteiger partial charge on any atom is 0.224 e. The molecule has 0 radical (unpaired) electrons. The van der Waals surface area contributed by atoms with Gasteiger partial charge < -0.3 is 21.5 Å². The van der Waals surface area contributed by atoms with Crippen molar-refractivity contribution >= 4 is 46.3 Å². The van der Waals surface area contributed by atoms with E-state index in [-0.39, 0.29) is 35.6 Å². The zero-order valence-corrected chi connectivity index (χ0v) is 20.0. The number of hydrogen-bond acceptors (Lipinski definition) is 7. The number of benzene rings is 1. The summed E-state index contributed by atoms with van der Waals surface area (Å²) in [5, 5.41) is 15.8. The van der Waals surface area contributed by atoms with E-state index in [9.17, 15) is 18.7 Å². The first-order valence-electron chi connectivity index (χ1n) is 11.6. The number of aromatic nitrogens is 4. The molecular formula is C23H28ClF2N7O2. The Morgan fingerprint density at radius 2 is 2.03 bits per heavy atom. The van der Waals surface area contributed by atoms with Crippen LogP contribution in [0.3, 0.4) is 0 Å². The number of hydrogen-bond donors (Lipinski definition) is 4. The molecule has 1 aliphatic carbocycles. The molecule has 2 aromatic heterocycles. The number of halogens is 3. The summed E-state index contributed by atoms with van der Waals surface area (Å²) in [6, 6.07) is 1.78. The van der Waals surface area contributed by atoms with E-state index in [2.05, 4.69) is 25.6 Å². The van der Waals surface area contributed by atoms with Crippen LogP contribution in [0.5, 0.6) is 0 Å². The smallest absolute Gasteiger partial charge is 0.224 e. The summed E-state index contributed by atoms with van der Waals surface area (Å²) < 4.78 is 30.9. The zero-order valence-electron chi connectivity index (χ0n) is 19.3. The molecule has 12 heteroatoms. The number of imidazole rings is 1. The molecule has 1 saturated carbocycles. The van der Waals surface area contributed by atoms with Crippen LogP contribution in [0.1, 0.15) is 57.9 Å². The number of nitrogens with one attached hydrogen (secondary N) is 2. The maximum atomic E-state index is 14.6. The predicted octanol–water partition coefficient (Wildman–Crippen LogP) is 4.43. The van der Waals surface area contributed by atoms with Crippen LogP contribution in [0.25, 0.3) is 11.2 Å². The van der Waals surface area contributed by atoms with Crippen LogP contribution in [-0.4, -0.2) is 42.7 Å². The van der Waals surface area contributed by atoms with Gasteiger partial charge in [-0.25, -0.2) is 18.7 Å². The van der Waals surface area contributed by atoms with Crippen LogP contribution >= 0.6 is 11.6 Å². The van der Waals surface area contributed by atoms with Gasteiger partial charge in [0.25, 0.3) is 0 Å². The molecule has 0 spiro atoms. The maximum absolute atomic E-state index is 14.6. The van der Waals surface area contributed by atoms with Crippen molar-refractivity contribution in [3.8, 4) is 0 Å². The van der Waals surface area contributed by atoms with Gasteiger partial charge in [0.05, 0.1) is 12.3 Å². The van der Waals surface area contributed by atoms with Crippen molar-refractivity contribution in [2.24, 2.45) is 5.73 Å². The standard InChI is InChI=1S/C23H28ClF2N7O2/c1-2-3-14(5-7-19(27)35)33-21-18(11-28-22(32-21)29-13-4-6-15(34)10-13)30-23(33)31-20-16(25)8-12(24)9-17(20)26/h8-9,11,13-15,34H,2-7,10H2,1H3,(H2,27,35)(H,30,31)(H,28,29,32)/t13-,14+,15-/m0/s1. The van der Waals surface area contributed by atoms with Crippen LogP contribution in [0.4, 0.5) is 26.4 Å². The Hall–Kier alpha value is -3.05. The summed E-state index contributed by atoms with van der Waals surface area (Å²) in [7, 11) is 0. The minimum atomic E-state index is -0.869. The van der Waals surface area contributed by atoms with Gasteiger partial charge in [-0.05, 0) is 44.2 Å². The topological polar surface area (TPSA) is 131 Å². The molecule has 9 nitrogen and oxygen atoms in total. The first-order chi connectivity index (χ1) is 16.7. The number of rotatable bonds is 10. The number of aliphatic hydroxyl groups is 1. The molecule has 0 unspecified atom stereocenters. The molecule has 188 valence electrons. The Bertz CT molecular complexity index is 1200. The van der Waals surface area contributed by atoms with Gasteiger partial charge in [-0.2, -0.15) is 4.98 Å². The molecule has 35 heavy (non-hydrogen) atoms. The van der Waals surface area contributed by atoms with Crippen molar-refractivity contribution in [1.82, 2.24) is 19.5 Å². The molecule has 3 atom stereocenters. The van der Waals surface area contributed by atoms with E-state index in [1.54, 1.807) is 4.57 Å². The first-order valence-corrected chi connectivity index (χ1v) is 12.0. The number of anilines is 3. The zero-order chi connectivity index (χ0) is 25.1. The van der Waals surface area contributed by atoms with E-state index in [0.29, 0.717) is 42.8 Å². The highest BCUT2D eigenvalue weighted by Gasteiger charge is 2.26. The van der Waals surface area contributed by atoms with Gasteiger partial charge in [0, 0.05) is 23.5 Å². The van der Waals surface area contributed by atoms with Gasteiger partial charge in [0.15, 0.2) is 17.3 Å². The molecule has 4 rings (SSSR count). The number of nitrogens with zero attached hydrogens (tertiary/aromatic N) is 4. The number of amides is 1. The monoisotopic (exact) mass is 507 g/mol. The lowest BCUT2D eigenvalue weighted by molar-refractivity contribution is -0.118. The molecular weight excluding hydrogens is 480 g/mol. The average molecular weight is 508 g/mol. The van der Waals surface area contributed by atoms with Crippen molar-refractivity contribution in [3.63, 3.8) is 0 Å². The Labute approximate surface area is 206 Å². The van der Waals surface area contributed by atoms with Crippen molar-refractivity contribution in [1.29, 1.82) is 0 Å². The minimum Gasteiger partial charge on any atom is -0.393 e. The quantitative estimate of drug-likeness (QED) is 0.319. The minimum absolute atomic E-state index is 0.0370. The molecule has 1 aliphatic rings. The lowest BCUT2D eigenvalue weighted by atomic mass is 10.1. The number of carbonyl (C=O) groups excluding carboxylic acids is 1. The van der Waals surface area contributed by atoms with Gasteiger partial charge >= 0.3 is 0 Å². The number of aliphatic hydroxyl groups excluding tert-OH is 1. The molecule has 1 fully saturated rings. The molecule has 1 aromatic carbocycles. The summed E-state index contributed by atoms with van der Waals surface area (Å²) in [6.45, 7) is 2.00. The second kappa shape index (κ2) is 10.7. The summed E-state index contributed by atoms with van der Waals surface area (Å²) in [5.41, 5.74) is 5.86. The van der Waals surface area contributed by atoms with Crippen molar-refractivity contribution in [3.05, 3.63) is 35.0 Å². The highest BCUT2D eigenvalue weighted by Crippen LogP contribution is 2.33. The average Bonchev–Trinajstić information content (AvgIpc) is 3.36. The van der Waals surface area contributed by atoms with Gasteiger partial charge in [-0.3, -0.25) is 9.36 Å². The number of carbonyl (C=O) groups is 1. The van der Waals surface area contributed by atoms with Gasteiger partial charge in [-0.1, -0.05) is 24.9 Å².